The Morgan fingerprint density at radius 2 is 1.91 bits per heavy atom. The molecule has 6 nitrogen and oxygen atoms in total. The number of hydrogen-bond donors (Lipinski definition) is 2. The molecule has 0 fully saturated rings. The van der Waals surface area contributed by atoms with Crippen molar-refractivity contribution >= 4 is 16.0 Å². The molecule has 0 saturated heterocycles. The summed E-state index contributed by atoms with van der Waals surface area (Å²) in [5, 5.41) is 9.07. The molecule has 0 aromatic heterocycles. The molecular weight excluding hydrogens is 318 g/mol. The van der Waals surface area contributed by atoms with Crippen molar-refractivity contribution in [3.05, 3.63) is 35.9 Å². The van der Waals surface area contributed by atoms with Crippen LogP contribution in [0.2, 0.25) is 0 Å². The Bertz CT molecular complexity index is 571. The smallest absolute Gasteiger partial charge is 0.321 e. The van der Waals surface area contributed by atoms with E-state index >= 15 is 0 Å². The maximum atomic E-state index is 11.9. The van der Waals surface area contributed by atoms with Crippen LogP contribution in [0, 0.1) is 5.92 Å². The van der Waals surface area contributed by atoms with Crippen LogP contribution in [0.5, 0.6) is 0 Å². The lowest BCUT2D eigenvalue weighted by Crippen LogP contribution is -2.42. The molecule has 1 rings (SSSR count). The second-order valence-electron chi connectivity index (χ2n) is 5.85. The Kier molecular flexibility index (Phi) is 8.22. The molecule has 7 heteroatoms. The van der Waals surface area contributed by atoms with Gasteiger partial charge in [-0.15, -0.1) is 0 Å². The number of carbonyl (C=O) groups is 1. The van der Waals surface area contributed by atoms with Gasteiger partial charge < -0.3 is 9.84 Å². The Balaban J connectivity index is 2.32. The van der Waals surface area contributed by atoms with Crippen LogP contribution in [0.3, 0.4) is 0 Å². The minimum atomic E-state index is -3.63. The maximum absolute atomic E-state index is 11.9. The van der Waals surface area contributed by atoms with Gasteiger partial charge in [-0.25, -0.2) is 13.1 Å². The highest BCUT2D eigenvalue weighted by atomic mass is 32.2. The van der Waals surface area contributed by atoms with Crippen molar-refractivity contribution in [1.82, 2.24) is 4.72 Å². The zero-order valence-electron chi connectivity index (χ0n) is 13.6. The summed E-state index contributed by atoms with van der Waals surface area (Å²) in [4.78, 5) is 11.1. The summed E-state index contributed by atoms with van der Waals surface area (Å²) in [5.41, 5.74) is 1.02. The van der Waals surface area contributed by atoms with Crippen molar-refractivity contribution in [2.45, 2.75) is 39.3 Å². The van der Waals surface area contributed by atoms with E-state index in [9.17, 15) is 13.2 Å². The summed E-state index contributed by atoms with van der Waals surface area (Å²) < 4.78 is 31.5. The van der Waals surface area contributed by atoms with Gasteiger partial charge in [0, 0.05) is 6.61 Å². The molecule has 1 aromatic rings. The molecule has 2 N–H and O–H groups in total. The number of ether oxygens (including phenoxy) is 1. The van der Waals surface area contributed by atoms with Crippen molar-refractivity contribution in [1.29, 1.82) is 0 Å². The van der Waals surface area contributed by atoms with Crippen molar-refractivity contribution in [3.8, 4) is 0 Å². The molecular formula is C16H25NO5S. The Hall–Kier alpha value is -1.44. The van der Waals surface area contributed by atoms with Crippen LogP contribution in [0.15, 0.2) is 30.3 Å². The van der Waals surface area contributed by atoms with Crippen molar-refractivity contribution in [2.75, 3.05) is 12.4 Å². The number of hydrogen-bond acceptors (Lipinski definition) is 4. The quantitative estimate of drug-likeness (QED) is 0.600. The minimum absolute atomic E-state index is 0.0907. The molecule has 130 valence electrons. The molecule has 0 unspecified atom stereocenters. The van der Waals surface area contributed by atoms with Gasteiger partial charge in [0.1, 0.15) is 6.04 Å². The highest BCUT2D eigenvalue weighted by molar-refractivity contribution is 7.89. The molecule has 1 aromatic carbocycles. The third kappa shape index (κ3) is 8.68. The summed E-state index contributed by atoms with van der Waals surface area (Å²) in [6.45, 7) is 4.43. The largest absolute Gasteiger partial charge is 0.480 e. The predicted molar refractivity (Wildman–Crippen MR) is 88.5 cm³/mol. The lowest BCUT2D eigenvalue weighted by Gasteiger charge is -2.16. The lowest BCUT2D eigenvalue weighted by molar-refractivity contribution is -0.139. The summed E-state index contributed by atoms with van der Waals surface area (Å²) in [6, 6.07) is 8.52. The fourth-order valence-electron chi connectivity index (χ4n) is 2.06. The van der Waals surface area contributed by atoms with E-state index in [1.54, 1.807) is 0 Å². The molecule has 0 aliphatic rings. The van der Waals surface area contributed by atoms with Gasteiger partial charge in [0.05, 0.1) is 12.4 Å². The number of aliphatic carboxylic acids is 1. The van der Waals surface area contributed by atoms with Gasteiger partial charge in [-0.3, -0.25) is 4.79 Å². The summed E-state index contributed by atoms with van der Waals surface area (Å²) in [5.74, 6) is -1.21. The van der Waals surface area contributed by atoms with E-state index in [-0.39, 0.29) is 18.1 Å². The van der Waals surface area contributed by atoms with Gasteiger partial charge in [0.15, 0.2) is 0 Å². The first-order valence-electron chi connectivity index (χ1n) is 7.64. The molecule has 0 aliphatic heterocycles. The van der Waals surface area contributed by atoms with Gasteiger partial charge >= 0.3 is 5.97 Å². The monoisotopic (exact) mass is 343 g/mol. The Morgan fingerprint density at radius 3 is 2.48 bits per heavy atom. The predicted octanol–water partition coefficient (Wildman–Crippen LogP) is 2.01. The number of benzene rings is 1. The van der Waals surface area contributed by atoms with E-state index in [0.717, 1.165) is 5.56 Å². The zero-order chi connectivity index (χ0) is 17.3. The van der Waals surface area contributed by atoms with Gasteiger partial charge in [-0.2, -0.15) is 0 Å². The molecule has 23 heavy (non-hydrogen) atoms. The molecule has 0 bridgehead atoms. The number of sulfonamides is 1. The molecule has 1 atom stereocenters. The van der Waals surface area contributed by atoms with Gasteiger partial charge in [-0.05, 0) is 24.3 Å². The van der Waals surface area contributed by atoms with Gasteiger partial charge in [-0.1, -0.05) is 44.2 Å². The highest BCUT2D eigenvalue weighted by Crippen LogP contribution is 2.07. The second-order valence-corrected chi connectivity index (χ2v) is 7.72. The van der Waals surface area contributed by atoms with Crippen molar-refractivity contribution in [2.24, 2.45) is 5.92 Å². The lowest BCUT2D eigenvalue weighted by atomic mass is 10.1. The van der Waals surface area contributed by atoms with Crippen LogP contribution in [-0.4, -0.2) is 37.9 Å². The SMILES string of the molecule is CC(C)C[C@H](NS(=O)(=O)CCCOCc1ccccc1)C(=O)O. The van der Waals surface area contributed by atoms with Gasteiger partial charge in [0.25, 0.3) is 0 Å². The standard InChI is InChI=1S/C16H25NO5S/c1-13(2)11-15(16(18)19)17-23(20,21)10-6-9-22-12-14-7-4-3-5-8-14/h3-5,7-8,13,15,17H,6,9-12H2,1-2H3,(H,18,19)/t15-/m0/s1. The Morgan fingerprint density at radius 1 is 1.26 bits per heavy atom. The first kappa shape index (κ1) is 19.6. The number of carboxylic acids is 1. The van der Waals surface area contributed by atoms with E-state index < -0.39 is 22.0 Å². The van der Waals surface area contributed by atoms with E-state index in [0.29, 0.717) is 19.6 Å². The van der Waals surface area contributed by atoms with E-state index in [1.807, 2.05) is 44.2 Å². The van der Waals surface area contributed by atoms with Crippen LogP contribution in [-0.2, 0) is 26.2 Å². The van der Waals surface area contributed by atoms with Crippen LogP contribution in [0.25, 0.3) is 0 Å². The van der Waals surface area contributed by atoms with Crippen molar-refractivity contribution in [3.63, 3.8) is 0 Å². The number of carboxylic acid groups (broad SMARTS) is 1. The average Bonchev–Trinajstić information content (AvgIpc) is 2.46. The normalized spacial score (nSPS) is 13.2. The zero-order valence-corrected chi connectivity index (χ0v) is 14.4. The van der Waals surface area contributed by atoms with Crippen molar-refractivity contribution < 1.29 is 23.1 Å². The van der Waals surface area contributed by atoms with Crippen LogP contribution >= 0.6 is 0 Å². The van der Waals surface area contributed by atoms with E-state index in [2.05, 4.69) is 4.72 Å². The highest BCUT2D eigenvalue weighted by Gasteiger charge is 2.24. The second kappa shape index (κ2) is 9.64. The topological polar surface area (TPSA) is 92.7 Å². The van der Waals surface area contributed by atoms with Crippen LogP contribution in [0.4, 0.5) is 0 Å². The third-order valence-corrected chi connectivity index (χ3v) is 4.61. The van der Waals surface area contributed by atoms with Crippen LogP contribution < -0.4 is 4.72 Å². The third-order valence-electron chi connectivity index (χ3n) is 3.14. The molecule has 0 spiro atoms. The molecule has 0 heterocycles. The maximum Gasteiger partial charge on any atom is 0.321 e. The molecule has 0 radical (unpaired) electrons. The van der Waals surface area contributed by atoms with E-state index in [1.165, 1.54) is 0 Å². The van der Waals surface area contributed by atoms with Crippen LogP contribution in [0.1, 0.15) is 32.3 Å². The first-order valence-corrected chi connectivity index (χ1v) is 9.30. The van der Waals surface area contributed by atoms with Gasteiger partial charge in [0.2, 0.25) is 10.0 Å². The average molecular weight is 343 g/mol. The minimum Gasteiger partial charge on any atom is -0.480 e. The molecule has 0 amide bonds. The Labute approximate surface area is 137 Å². The summed E-state index contributed by atoms with van der Waals surface area (Å²) >= 11 is 0. The first-order chi connectivity index (χ1) is 10.8. The van der Waals surface area contributed by atoms with E-state index in [4.69, 9.17) is 9.84 Å². The fraction of sp³-hybridized carbons (Fsp3) is 0.562. The molecule has 0 saturated carbocycles. The fourth-order valence-corrected chi connectivity index (χ4v) is 3.31. The molecule has 0 aliphatic carbocycles. The summed E-state index contributed by atoms with van der Waals surface area (Å²) in [6.07, 6.45) is 0.579. The number of nitrogens with one attached hydrogen (secondary N) is 1. The summed E-state index contributed by atoms with van der Waals surface area (Å²) in [7, 11) is -3.63. The number of rotatable bonds is 11.